The van der Waals surface area contributed by atoms with Crippen molar-refractivity contribution in [3.63, 3.8) is 0 Å². The average molecular weight is 319 g/mol. The molecule has 4 heteroatoms. The number of rotatable bonds is 2. The molecule has 3 aliphatic rings. The van der Waals surface area contributed by atoms with Crippen LogP contribution in [0, 0.1) is 17.8 Å². The number of benzene rings is 1. The summed E-state index contributed by atoms with van der Waals surface area (Å²) in [6, 6.07) is 8.08. The summed E-state index contributed by atoms with van der Waals surface area (Å²) < 4.78 is 0. The van der Waals surface area contributed by atoms with Crippen molar-refractivity contribution in [3.8, 4) is 0 Å². The van der Waals surface area contributed by atoms with E-state index in [4.69, 9.17) is 11.6 Å². The van der Waals surface area contributed by atoms with Crippen LogP contribution in [0.25, 0.3) is 0 Å². The highest BCUT2D eigenvalue weighted by atomic mass is 35.5. The second-order valence-corrected chi connectivity index (χ2v) is 7.38. The SMILES string of the molecule is O=C(C1C2CCCCC21)N1CCNCC1c1cccc(Cl)c1. The van der Waals surface area contributed by atoms with Gasteiger partial charge in [0.15, 0.2) is 0 Å². The van der Waals surface area contributed by atoms with Crippen molar-refractivity contribution < 1.29 is 4.79 Å². The van der Waals surface area contributed by atoms with Gasteiger partial charge in [0.1, 0.15) is 0 Å². The van der Waals surface area contributed by atoms with Crippen LogP contribution in [0.1, 0.15) is 37.3 Å². The van der Waals surface area contributed by atoms with Gasteiger partial charge >= 0.3 is 0 Å². The van der Waals surface area contributed by atoms with Crippen molar-refractivity contribution in [2.75, 3.05) is 19.6 Å². The highest BCUT2D eigenvalue weighted by Crippen LogP contribution is 2.56. The first kappa shape index (κ1) is 14.5. The van der Waals surface area contributed by atoms with Gasteiger partial charge in [0.05, 0.1) is 6.04 Å². The topological polar surface area (TPSA) is 32.3 Å². The van der Waals surface area contributed by atoms with Gasteiger partial charge in [-0.1, -0.05) is 36.6 Å². The molecule has 1 heterocycles. The summed E-state index contributed by atoms with van der Waals surface area (Å²) in [5.74, 6) is 2.05. The summed E-state index contributed by atoms with van der Waals surface area (Å²) in [4.78, 5) is 15.2. The fourth-order valence-corrected chi connectivity index (χ4v) is 4.73. The lowest BCUT2D eigenvalue weighted by Crippen LogP contribution is -2.49. The molecule has 1 N–H and O–H groups in total. The molecule has 0 aromatic heterocycles. The maximum Gasteiger partial charge on any atom is 0.226 e. The van der Waals surface area contributed by atoms with Crippen LogP contribution in [0.5, 0.6) is 0 Å². The smallest absolute Gasteiger partial charge is 0.226 e. The van der Waals surface area contributed by atoms with E-state index in [-0.39, 0.29) is 6.04 Å². The normalized spacial score (nSPS) is 34.1. The number of fused-ring (bicyclic) bond motifs is 1. The number of nitrogens with one attached hydrogen (secondary N) is 1. The van der Waals surface area contributed by atoms with E-state index in [0.29, 0.717) is 23.7 Å². The molecule has 4 rings (SSSR count). The molecule has 118 valence electrons. The van der Waals surface area contributed by atoms with Gasteiger partial charge in [0.25, 0.3) is 0 Å². The van der Waals surface area contributed by atoms with E-state index in [1.165, 1.54) is 25.7 Å². The number of amides is 1. The molecule has 0 spiro atoms. The van der Waals surface area contributed by atoms with E-state index in [1.54, 1.807) is 0 Å². The van der Waals surface area contributed by atoms with E-state index in [1.807, 2.05) is 18.2 Å². The molecule has 1 saturated heterocycles. The minimum atomic E-state index is 0.127. The number of carbonyl (C=O) groups is 1. The minimum Gasteiger partial charge on any atom is -0.333 e. The zero-order valence-corrected chi connectivity index (χ0v) is 13.6. The number of nitrogens with zero attached hydrogens (tertiary/aromatic N) is 1. The monoisotopic (exact) mass is 318 g/mol. The van der Waals surface area contributed by atoms with Crippen molar-refractivity contribution in [2.45, 2.75) is 31.7 Å². The third kappa shape index (κ3) is 2.55. The number of hydrogen-bond acceptors (Lipinski definition) is 2. The maximum atomic E-state index is 13.1. The minimum absolute atomic E-state index is 0.127. The molecule has 3 unspecified atom stereocenters. The Morgan fingerprint density at radius 3 is 2.73 bits per heavy atom. The van der Waals surface area contributed by atoms with E-state index in [9.17, 15) is 4.79 Å². The summed E-state index contributed by atoms with van der Waals surface area (Å²) in [7, 11) is 0. The van der Waals surface area contributed by atoms with Gasteiger partial charge in [-0.2, -0.15) is 0 Å². The van der Waals surface area contributed by atoms with Crippen LogP contribution in [0.2, 0.25) is 5.02 Å². The number of piperazine rings is 1. The predicted molar refractivity (Wildman–Crippen MR) is 87.7 cm³/mol. The lowest BCUT2D eigenvalue weighted by atomic mass is 10.0. The van der Waals surface area contributed by atoms with Gasteiger partial charge in [-0.3, -0.25) is 4.79 Å². The van der Waals surface area contributed by atoms with Gasteiger partial charge in [0.2, 0.25) is 5.91 Å². The van der Waals surface area contributed by atoms with Crippen molar-refractivity contribution >= 4 is 17.5 Å². The first-order chi connectivity index (χ1) is 10.8. The number of halogens is 1. The Kier molecular flexibility index (Phi) is 3.87. The zero-order chi connectivity index (χ0) is 15.1. The molecule has 3 atom stereocenters. The molecular formula is C18H23ClN2O. The standard InChI is InChI=1S/C18H23ClN2O/c19-13-5-3-4-12(10-13)16-11-20-8-9-21(16)18(22)17-14-6-1-2-7-15(14)17/h3-5,10,14-17,20H,1-2,6-9,11H2. The van der Waals surface area contributed by atoms with Crippen LogP contribution in [-0.2, 0) is 4.79 Å². The van der Waals surface area contributed by atoms with Crippen molar-refractivity contribution in [1.82, 2.24) is 10.2 Å². The van der Waals surface area contributed by atoms with Gasteiger partial charge in [-0.05, 0) is 42.4 Å². The van der Waals surface area contributed by atoms with Crippen LogP contribution in [0.15, 0.2) is 24.3 Å². The Bertz CT molecular complexity index is 564. The average Bonchev–Trinajstić information content (AvgIpc) is 3.28. The second-order valence-electron chi connectivity index (χ2n) is 6.94. The predicted octanol–water partition coefficient (Wildman–Crippen LogP) is 3.25. The van der Waals surface area contributed by atoms with E-state index >= 15 is 0 Å². The number of hydrogen-bond donors (Lipinski definition) is 1. The fraction of sp³-hybridized carbons (Fsp3) is 0.611. The molecule has 2 aliphatic carbocycles. The maximum absolute atomic E-state index is 13.1. The largest absolute Gasteiger partial charge is 0.333 e. The van der Waals surface area contributed by atoms with E-state index < -0.39 is 0 Å². The Labute approximate surface area is 137 Å². The van der Waals surface area contributed by atoms with Gasteiger partial charge < -0.3 is 10.2 Å². The van der Waals surface area contributed by atoms with E-state index in [0.717, 1.165) is 30.2 Å². The first-order valence-electron chi connectivity index (χ1n) is 8.52. The quantitative estimate of drug-likeness (QED) is 0.908. The fourth-order valence-electron chi connectivity index (χ4n) is 4.53. The highest BCUT2D eigenvalue weighted by Gasteiger charge is 2.56. The van der Waals surface area contributed by atoms with Crippen molar-refractivity contribution in [3.05, 3.63) is 34.9 Å². The molecule has 1 aromatic carbocycles. The highest BCUT2D eigenvalue weighted by molar-refractivity contribution is 6.30. The molecular weight excluding hydrogens is 296 g/mol. The van der Waals surface area contributed by atoms with Crippen LogP contribution >= 0.6 is 11.6 Å². The van der Waals surface area contributed by atoms with E-state index in [2.05, 4.69) is 16.3 Å². The molecule has 1 aromatic rings. The van der Waals surface area contributed by atoms with Crippen molar-refractivity contribution in [2.24, 2.45) is 17.8 Å². The second kappa shape index (κ2) is 5.86. The van der Waals surface area contributed by atoms with Crippen LogP contribution < -0.4 is 5.32 Å². The molecule has 0 bridgehead atoms. The summed E-state index contributed by atoms with van der Waals surface area (Å²) >= 11 is 6.14. The van der Waals surface area contributed by atoms with Crippen LogP contribution in [0.4, 0.5) is 0 Å². The molecule has 1 amide bonds. The first-order valence-corrected chi connectivity index (χ1v) is 8.90. The Morgan fingerprint density at radius 1 is 1.23 bits per heavy atom. The van der Waals surface area contributed by atoms with Gasteiger partial charge in [-0.15, -0.1) is 0 Å². The van der Waals surface area contributed by atoms with Crippen LogP contribution in [-0.4, -0.2) is 30.4 Å². The molecule has 2 saturated carbocycles. The molecule has 0 radical (unpaired) electrons. The van der Waals surface area contributed by atoms with Gasteiger partial charge in [0, 0.05) is 30.6 Å². The lowest BCUT2D eigenvalue weighted by molar-refractivity contribution is -0.136. The summed E-state index contributed by atoms with van der Waals surface area (Å²) in [5, 5.41) is 4.17. The Hall–Kier alpha value is -1.06. The Balaban J connectivity index is 1.54. The van der Waals surface area contributed by atoms with Gasteiger partial charge in [-0.25, -0.2) is 0 Å². The van der Waals surface area contributed by atoms with Crippen LogP contribution in [0.3, 0.4) is 0 Å². The summed E-state index contributed by atoms with van der Waals surface area (Å²) in [5.41, 5.74) is 1.15. The van der Waals surface area contributed by atoms with Crippen molar-refractivity contribution in [1.29, 1.82) is 0 Å². The molecule has 3 nitrogen and oxygen atoms in total. The molecule has 22 heavy (non-hydrogen) atoms. The third-order valence-electron chi connectivity index (χ3n) is 5.70. The molecule has 1 aliphatic heterocycles. The zero-order valence-electron chi connectivity index (χ0n) is 12.8. The Morgan fingerprint density at radius 2 is 2.00 bits per heavy atom. The number of carbonyl (C=O) groups excluding carboxylic acids is 1. The lowest BCUT2D eigenvalue weighted by Gasteiger charge is -2.37. The summed E-state index contributed by atoms with van der Waals surface area (Å²) in [6.45, 7) is 2.53. The third-order valence-corrected chi connectivity index (χ3v) is 5.94. The molecule has 3 fully saturated rings. The summed E-state index contributed by atoms with van der Waals surface area (Å²) in [6.07, 6.45) is 5.14.